The summed E-state index contributed by atoms with van der Waals surface area (Å²) in [7, 11) is 0. The topological polar surface area (TPSA) is 264 Å². The van der Waals surface area contributed by atoms with Crippen LogP contribution in [0.4, 0.5) is 0 Å². The van der Waals surface area contributed by atoms with Gasteiger partial charge in [-0.1, -0.05) is 48.5 Å². The average molecular weight is 1100 g/mol. The van der Waals surface area contributed by atoms with E-state index in [0.717, 1.165) is 55.9 Å². The van der Waals surface area contributed by atoms with Crippen molar-refractivity contribution in [3.8, 4) is 33.4 Å². The van der Waals surface area contributed by atoms with Crippen LogP contribution in [0.1, 0.15) is 92.5 Å². The molecule has 84 heavy (non-hydrogen) atoms. The van der Waals surface area contributed by atoms with E-state index < -0.39 is 23.9 Å². The van der Waals surface area contributed by atoms with Gasteiger partial charge in [-0.05, 0) is 192 Å². The van der Waals surface area contributed by atoms with Crippen molar-refractivity contribution in [3.05, 3.63) is 249 Å². The van der Waals surface area contributed by atoms with Crippen LogP contribution in [-0.4, -0.2) is 84.2 Å². The van der Waals surface area contributed by atoms with E-state index in [1.165, 1.54) is 48.5 Å². The van der Waals surface area contributed by atoms with E-state index in [2.05, 4.69) is 60.2 Å². The lowest BCUT2D eigenvalue weighted by molar-refractivity contribution is 0.0686. The highest BCUT2D eigenvalue weighted by Crippen LogP contribution is 2.46. The van der Waals surface area contributed by atoms with Gasteiger partial charge in [-0.3, -0.25) is 0 Å². The Labute approximate surface area is 476 Å². The molecule has 4 aromatic carbocycles. The maximum atomic E-state index is 12.1. The molecule has 0 aliphatic carbocycles. The Kier molecular flexibility index (Phi) is 13.0. The van der Waals surface area contributed by atoms with Crippen LogP contribution in [0, 0.1) is 0 Å². The summed E-state index contributed by atoms with van der Waals surface area (Å²) in [6, 6.07) is 51.5. The second-order valence-electron chi connectivity index (χ2n) is 20.0. The predicted octanol–water partition coefficient (Wildman–Crippen LogP) is 14.5. The van der Waals surface area contributed by atoms with Crippen molar-refractivity contribution >= 4 is 116 Å². The lowest BCUT2D eigenvalue weighted by atomic mass is 9.90. The highest BCUT2D eigenvalue weighted by atomic mass is 16.4. The van der Waals surface area contributed by atoms with Crippen molar-refractivity contribution in [1.29, 1.82) is 0 Å². The molecule has 0 atom stereocenters. The molecule has 8 N–H and O–H groups in total. The number of hydrogen-bond acceptors (Lipinski definition) is 8. The Balaban J connectivity index is 0.000000226. The minimum atomic E-state index is -1.11. The second-order valence-corrected chi connectivity index (χ2v) is 20.0. The predicted molar refractivity (Wildman–Crippen MR) is 326 cm³/mol. The number of H-pyrrole nitrogens is 4. The Morgan fingerprint density at radius 2 is 0.619 bits per heavy atom. The largest absolute Gasteiger partial charge is 0.478 e. The van der Waals surface area contributed by atoms with Crippen molar-refractivity contribution in [2.45, 2.75) is 0 Å². The number of hydrogen-bond donors (Lipinski definition) is 8. The van der Waals surface area contributed by atoms with Gasteiger partial charge in [-0.25, -0.2) is 39.1 Å². The zero-order chi connectivity index (χ0) is 57.6. The summed E-state index contributed by atoms with van der Waals surface area (Å²) in [4.78, 5) is 81.2. The molecule has 4 aliphatic heterocycles. The number of aromatic nitrogens is 8. The second kappa shape index (κ2) is 21.2. The first kappa shape index (κ1) is 51.4. The number of rotatable bonds is 8. The van der Waals surface area contributed by atoms with Crippen molar-refractivity contribution < 1.29 is 39.6 Å². The summed E-state index contributed by atoms with van der Waals surface area (Å²) in [5.41, 5.74) is 18.0. The van der Waals surface area contributed by atoms with Gasteiger partial charge in [0, 0.05) is 60.9 Å². The smallest absolute Gasteiger partial charge is 0.335 e. The molecule has 10 aromatic rings. The number of aromatic amines is 4. The van der Waals surface area contributed by atoms with Crippen LogP contribution >= 0.6 is 0 Å². The standard InChI is InChI=1S/C48H30N4O8.C20H14N4/c53-45(54)29-9-1-25(2-10-29)38-23-37-22-35-18-17-33(49-35)21-34-19-20-36(50-34)24-39-40(26-3-11-30(12-4-26)46(55)56)41(27-5-13-31(14-6-27)47(57)58)44(52-39)42(43(38)51-37)28-7-15-32(16-8-28)48(59)60;1-2-14-10-16-5-6-18(23-16)12-20-8-7-19(24-20)11-17-4-3-15(22-17)9-13(1)21-14/h1-24,49,52H,(H,53,54)(H,55,56)(H,57,58)(H,59,60);1-12,21-22H. The maximum Gasteiger partial charge on any atom is 0.335 e. The Hall–Kier alpha value is -12.0. The van der Waals surface area contributed by atoms with Crippen LogP contribution in [0.3, 0.4) is 0 Å². The zero-order valence-corrected chi connectivity index (χ0v) is 44.0. The van der Waals surface area contributed by atoms with E-state index >= 15 is 0 Å². The quantitative estimate of drug-likeness (QED) is 0.0706. The van der Waals surface area contributed by atoms with Crippen molar-refractivity contribution in [3.63, 3.8) is 0 Å². The van der Waals surface area contributed by atoms with Gasteiger partial charge < -0.3 is 40.4 Å². The van der Waals surface area contributed by atoms with E-state index in [-0.39, 0.29) is 22.3 Å². The number of nitrogens with zero attached hydrogens (tertiary/aromatic N) is 4. The molecule has 404 valence electrons. The Morgan fingerprint density at radius 3 is 1.01 bits per heavy atom. The van der Waals surface area contributed by atoms with Gasteiger partial charge in [-0.15, -0.1) is 0 Å². The van der Waals surface area contributed by atoms with Gasteiger partial charge in [0.05, 0.1) is 73.3 Å². The summed E-state index contributed by atoms with van der Waals surface area (Å²) in [6.45, 7) is 0. The lowest BCUT2D eigenvalue weighted by Gasteiger charge is -2.13. The molecule has 10 heterocycles. The molecular formula is C68H44N8O8. The van der Waals surface area contributed by atoms with Gasteiger partial charge in [0.2, 0.25) is 0 Å². The number of fused-ring (bicyclic) bond motifs is 16. The minimum Gasteiger partial charge on any atom is -0.478 e. The molecule has 0 saturated heterocycles. The van der Waals surface area contributed by atoms with Gasteiger partial charge in [-0.2, -0.15) is 0 Å². The first-order chi connectivity index (χ1) is 40.8. The van der Waals surface area contributed by atoms with Crippen LogP contribution in [-0.2, 0) is 0 Å². The molecule has 0 fully saturated rings. The van der Waals surface area contributed by atoms with Crippen LogP contribution in [0.25, 0.3) is 126 Å². The van der Waals surface area contributed by atoms with Crippen LogP contribution in [0.5, 0.6) is 0 Å². The normalized spacial score (nSPS) is 12.1. The molecule has 6 aromatic heterocycles. The number of nitrogens with one attached hydrogen (secondary N) is 4. The third kappa shape index (κ3) is 10.5. The molecule has 4 aliphatic rings. The van der Waals surface area contributed by atoms with Crippen LogP contribution in [0.2, 0.25) is 0 Å². The number of carboxylic acid groups (broad SMARTS) is 4. The van der Waals surface area contributed by atoms with E-state index in [0.29, 0.717) is 78.3 Å². The molecule has 0 saturated carbocycles. The Morgan fingerprint density at radius 1 is 0.298 bits per heavy atom. The van der Waals surface area contributed by atoms with Crippen molar-refractivity contribution in [2.24, 2.45) is 0 Å². The van der Waals surface area contributed by atoms with E-state index in [4.69, 9.17) is 9.97 Å². The number of carboxylic acids is 4. The highest BCUT2D eigenvalue weighted by Gasteiger charge is 2.26. The highest BCUT2D eigenvalue weighted by molar-refractivity contribution is 6.11. The fraction of sp³-hybridized carbons (Fsp3) is 0. The number of aromatic carboxylic acids is 4. The van der Waals surface area contributed by atoms with Gasteiger partial charge >= 0.3 is 23.9 Å². The summed E-state index contributed by atoms with van der Waals surface area (Å²) in [6.07, 6.45) is 13.7. The Bertz CT molecular complexity index is 4800. The minimum absolute atomic E-state index is 0.0585. The third-order valence-corrected chi connectivity index (χ3v) is 14.4. The molecule has 16 heteroatoms. The fourth-order valence-corrected chi connectivity index (χ4v) is 10.4. The first-order valence-corrected chi connectivity index (χ1v) is 26.4. The van der Waals surface area contributed by atoms with E-state index in [9.17, 15) is 39.6 Å². The SMILES string of the molecule is C1=Cc2cc3ccc(cc4ccc(cc5nc(cc1n2)C=C5)[nH]4)[nH]3.O=C(O)c1ccc(C2=Cc3cc4ccc(cc5nc(cc6[nH]c(c(-c7ccc(C(=O)O)cc7)c2n3)c(-c2ccc(C(=O)O)cc2)c6-c2ccc(C(=O)O)cc2)C=C5)[nH]4)cc1. The van der Waals surface area contributed by atoms with Gasteiger partial charge in [0.15, 0.2) is 0 Å². The number of carbonyl (C=O) groups is 4. The zero-order valence-electron chi connectivity index (χ0n) is 44.0. The van der Waals surface area contributed by atoms with Crippen LogP contribution in [0.15, 0.2) is 176 Å². The molecule has 0 spiro atoms. The maximum absolute atomic E-state index is 12.1. The number of benzene rings is 4. The van der Waals surface area contributed by atoms with Crippen LogP contribution < -0.4 is 0 Å². The summed E-state index contributed by atoms with van der Waals surface area (Å²) < 4.78 is 0. The summed E-state index contributed by atoms with van der Waals surface area (Å²) in [5, 5.41) is 39.2. The molecule has 0 radical (unpaired) electrons. The van der Waals surface area contributed by atoms with E-state index in [1.807, 2.05) is 91.1 Å². The van der Waals surface area contributed by atoms with Gasteiger partial charge in [0.1, 0.15) is 0 Å². The molecule has 0 amide bonds. The summed E-state index contributed by atoms with van der Waals surface area (Å²) >= 11 is 0. The monoisotopic (exact) mass is 1100 g/mol. The first-order valence-electron chi connectivity index (χ1n) is 26.4. The van der Waals surface area contributed by atoms with Gasteiger partial charge in [0.25, 0.3) is 0 Å². The third-order valence-electron chi connectivity index (χ3n) is 14.4. The summed E-state index contributed by atoms with van der Waals surface area (Å²) in [5.74, 6) is -4.39. The lowest BCUT2D eigenvalue weighted by Crippen LogP contribution is -1.98. The van der Waals surface area contributed by atoms with Crippen molar-refractivity contribution in [2.75, 3.05) is 0 Å². The molecule has 0 unspecified atom stereocenters. The molecule has 16 bridgehead atoms. The van der Waals surface area contributed by atoms with Crippen molar-refractivity contribution in [1.82, 2.24) is 39.9 Å². The average Bonchev–Trinajstić information content (AvgIpc) is 4.57. The molecule has 16 nitrogen and oxygen atoms in total. The molecule has 14 rings (SSSR count). The molecular weight excluding hydrogens is 1060 g/mol. The fourth-order valence-electron chi connectivity index (χ4n) is 10.4. The van der Waals surface area contributed by atoms with E-state index in [1.54, 1.807) is 48.5 Å².